The Morgan fingerprint density at radius 1 is 0.970 bits per heavy atom. The Morgan fingerprint density at radius 3 is 2.42 bits per heavy atom. The van der Waals surface area contributed by atoms with Crippen molar-refractivity contribution in [1.82, 2.24) is 9.99 Å². The molecule has 1 atom stereocenters. The molecule has 0 aliphatic carbocycles. The molecule has 0 radical (unpaired) electrons. The lowest BCUT2D eigenvalue weighted by Gasteiger charge is -2.22. The minimum absolute atomic E-state index is 0.0750. The van der Waals surface area contributed by atoms with Crippen LogP contribution >= 0.6 is 11.6 Å². The first-order chi connectivity index (χ1) is 15.9. The van der Waals surface area contributed by atoms with Gasteiger partial charge in [-0.25, -0.2) is 5.01 Å². The molecule has 3 aromatic carbocycles. The Kier molecular flexibility index (Phi) is 5.47. The Bertz CT molecular complexity index is 1410. The van der Waals surface area contributed by atoms with Gasteiger partial charge >= 0.3 is 0 Å². The van der Waals surface area contributed by atoms with Gasteiger partial charge in [0.2, 0.25) is 5.91 Å². The molecule has 33 heavy (non-hydrogen) atoms. The number of rotatable bonds is 3. The SMILES string of the molecule is CC(=O)N1N=C(c2c(C)nc3ccc(Cl)cc3c2-c2ccccc2)C[C@H]1c1ccccc1C. The van der Waals surface area contributed by atoms with Gasteiger partial charge in [-0.2, -0.15) is 5.10 Å². The van der Waals surface area contributed by atoms with Crippen molar-refractivity contribution in [3.05, 3.63) is 100 Å². The number of amides is 1. The topological polar surface area (TPSA) is 45.6 Å². The summed E-state index contributed by atoms with van der Waals surface area (Å²) in [5, 5.41) is 8.12. The maximum Gasteiger partial charge on any atom is 0.240 e. The summed E-state index contributed by atoms with van der Waals surface area (Å²) in [5.41, 5.74) is 7.99. The lowest BCUT2D eigenvalue weighted by atomic mass is 9.88. The molecular formula is C28H24ClN3O. The monoisotopic (exact) mass is 453 g/mol. The lowest BCUT2D eigenvalue weighted by molar-refractivity contribution is -0.130. The van der Waals surface area contributed by atoms with E-state index in [1.807, 2.05) is 55.5 Å². The Labute approximate surface area is 198 Å². The van der Waals surface area contributed by atoms with Gasteiger partial charge in [-0.05, 0) is 48.7 Å². The molecular weight excluding hydrogens is 430 g/mol. The normalized spacial score (nSPS) is 15.7. The predicted octanol–water partition coefficient (Wildman–Crippen LogP) is 6.87. The second-order valence-electron chi connectivity index (χ2n) is 8.46. The second kappa shape index (κ2) is 8.45. The van der Waals surface area contributed by atoms with E-state index in [9.17, 15) is 4.79 Å². The molecule has 0 saturated carbocycles. The molecule has 0 spiro atoms. The van der Waals surface area contributed by atoms with Crippen LogP contribution < -0.4 is 0 Å². The third kappa shape index (κ3) is 3.81. The molecule has 0 unspecified atom stereocenters. The summed E-state index contributed by atoms with van der Waals surface area (Å²) in [6, 6.07) is 24.1. The number of halogens is 1. The van der Waals surface area contributed by atoms with E-state index in [1.54, 1.807) is 11.9 Å². The number of benzene rings is 3. The van der Waals surface area contributed by atoms with Gasteiger partial charge in [-0.15, -0.1) is 0 Å². The predicted molar refractivity (Wildman–Crippen MR) is 135 cm³/mol. The third-order valence-corrected chi connectivity index (χ3v) is 6.49. The number of aryl methyl sites for hydroxylation is 2. The van der Waals surface area contributed by atoms with Crippen molar-refractivity contribution < 1.29 is 4.79 Å². The minimum atomic E-state index is -0.142. The summed E-state index contributed by atoms with van der Waals surface area (Å²) in [4.78, 5) is 17.5. The van der Waals surface area contributed by atoms with Gasteiger partial charge in [0, 0.05) is 40.6 Å². The van der Waals surface area contributed by atoms with Crippen molar-refractivity contribution >= 4 is 34.1 Å². The number of fused-ring (bicyclic) bond motifs is 1. The maximum absolute atomic E-state index is 12.6. The van der Waals surface area contributed by atoms with E-state index in [2.05, 4.69) is 31.2 Å². The molecule has 1 amide bonds. The highest BCUT2D eigenvalue weighted by Gasteiger charge is 2.34. The second-order valence-corrected chi connectivity index (χ2v) is 8.90. The van der Waals surface area contributed by atoms with Gasteiger partial charge < -0.3 is 0 Å². The van der Waals surface area contributed by atoms with Crippen LogP contribution in [0.5, 0.6) is 0 Å². The van der Waals surface area contributed by atoms with Crippen LogP contribution in [-0.4, -0.2) is 21.6 Å². The minimum Gasteiger partial charge on any atom is -0.273 e. The van der Waals surface area contributed by atoms with E-state index >= 15 is 0 Å². The first-order valence-corrected chi connectivity index (χ1v) is 11.4. The van der Waals surface area contributed by atoms with Gasteiger partial charge in [-0.3, -0.25) is 9.78 Å². The first-order valence-electron chi connectivity index (χ1n) is 11.0. The molecule has 0 bridgehead atoms. The average Bonchev–Trinajstić information content (AvgIpc) is 3.24. The maximum atomic E-state index is 12.6. The van der Waals surface area contributed by atoms with E-state index in [1.165, 1.54) is 0 Å². The highest BCUT2D eigenvalue weighted by atomic mass is 35.5. The standard InChI is InChI=1S/C28H24ClN3O/c1-17-9-7-8-12-22(17)26-16-25(31-32(26)19(3)33)27-18(2)30-24-14-13-21(29)15-23(24)28(27)20-10-5-4-6-11-20/h4-15,26H,16H2,1-3H3/t26-/m0/s1. The summed E-state index contributed by atoms with van der Waals surface area (Å²) in [7, 11) is 0. The molecule has 5 heteroatoms. The highest BCUT2D eigenvalue weighted by Crippen LogP contribution is 2.40. The summed E-state index contributed by atoms with van der Waals surface area (Å²) in [5.74, 6) is -0.0750. The van der Waals surface area contributed by atoms with E-state index in [-0.39, 0.29) is 11.9 Å². The number of hydrogen-bond acceptors (Lipinski definition) is 3. The van der Waals surface area contributed by atoms with Crippen LogP contribution in [0.15, 0.2) is 77.9 Å². The molecule has 0 saturated heterocycles. The molecule has 164 valence electrons. The summed E-state index contributed by atoms with van der Waals surface area (Å²) in [6.07, 6.45) is 0.624. The number of pyridine rings is 1. The first kappa shape index (κ1) is 21.4. The quantitative estimate of drug-likeness (QED) is 0.339. The van der Waals surface area contributed by atoms with Crippen LogP contribution in [-0.2, 0) is 4.79 Å². The Balaban J connectivity index is 1.75. The zero-order valence-corrected chi connectivity index (χ0v) is 19.6. The van der Waals surface area contributed by atoms with E-state index < -0.39 is 0 Å². The number of hydrogen-bond donors (Lipinski definition) is 0. The molecule has 1 aliphatic rings. The molecule has 1 aliphatic heterocycles. The lowest BCUT2D eigenvalue weighted by Crippen LogP contribution is -2.24. The molecule has 0 N–H and O–H groups in total. The smallest absolute Gasteiger partial charge is 0.240 e. The average molecular weight is 454 g/mol. The van der Waals surface area contributed by atoms with Crippen molar-refractivity contribution in [3.8, 4) is 11.1 Å². The van der Waals surface area contributed by atoms with Crippen LogP contribution in [0.4, 0.5) is 0 Å². The summed E-state index contributed by atoms with van der Waals surface area (Å²) in [6.45, 7) is 5.66. The summed E-state index contributed by atoms with van der Waals surface area (Å²) < 4.78 is 0. The van der Waals surface area contributed by atoms with Crippen LogP contribution in [0.25, 0.3) is 22.0 Å². The molecule has 1 aromatic heterocycles. The van der Waals surface area contributed by atoms with Crippen molar-refractivity contribution in [2.75, 3.05) is 0 Å². The fourth-order valence-electron chi connectivity index (χ4n) is 4.77. The van der Waals surface area contributed by atoms with E-state index in [4.69, 9.17) is 21.7 Å². The summed E-state index contributed by atoms with van der Waals surface area (Å²) >= 11 is 6.40. The zero-order chi connectivity index (χ0) is 23.1. The molecule has 4 aromatic rings. The van der Waals surface area contributed by atoms with Crippen molar-refractivity contribution in [3.63, 3.8) is 0 Å². The van der Waals surface area contributed by atoms with Gasteiger partial charge in [0.1, 0.15) is 0 Å². The van der Waals surface area contributed by atoms with Crippen LogP contribution in [0.2, 0.25) is 5.02 Å². The Morgan fingerprint density at radius 2 is 1.70 bits per heavy atom. The van der Waals surface area contributed by atoms with Crippen molar-refractivity contribution in [2.24, 2.45) is 5.10 Å². The van der Waals surface area contributed by atoms with Gasteiger partial charge in [-0.1, -0.05) is 66.2 Å². The van der Waals surface area contributed by atoms with Crippen molar-refractivity contribution in [2.45, 2.75) is 33.2 Å². The van der Waals surface area contributed by atoms with Gasteiger partial charge in [0.05, 0.1) is 17.3 Å². The van der Waals surface area contributed by atoms with Crippen LogP contribution in [0.3, 0.4) is 0 Å². The van der Waals surface area contributed by atoms with Crippen LogP contribution in [0, 0.1) is 13.8 Å². The van der Waals surface area contributed by atoms with Gasteiger partial charge in [0.25, 0.3) is 0 Å². The van der Waals surface area contributed by atoms with Gasteiger partial charge in [0.15, 0.2) is 0 Å². The number of aromatic nitrogens is 1. The van der Waals surface area contributed by atoms with Crippen molar-refractivity contribution in [1.29, 1.82) is 0 Å². The molecule has 2 heterocycles. The molecule has 0 fully saturated rings. The molecule has 4 nitrogen and oxygen atoms in total. The number of nitrogens with zero attached hydrogens (tertiary/aromatic N) is 3. The fourth-order valence-corrected chi connectivity index (χ4v) is 4.94. The number of carbonyl (C=O) groups excluding carboxylic acids is 1. The number of hydrazone groups is 1. The third-order valence-electron chi connectivity index (χ3n) is 6.26. The van der Waals surface area contributed by atoms with Crippen LogP contribution in [0.1, 0.15) is 41.8 Å². The zero-order valence-electron chi connectivity index (χ0n) is 18.8. The highest BCUT2D eigenvalue weighted by molar-refractivity contribution is 6.31. The fraction of sp³-hybridized carbons (Fsp3) is 0.179. The molecule has 5 rings (SSSR count). The van der Waals surface area contributed by atoms with E-state index in [0.717, 1.165) is 50.1 Å². The van der Waals surface area contributed by atoms with E-state index in [0.29, 0.717) is 11.4 Å². The Hall–Kier alpha value is -3.50. The largest absolute Gasteiger partial charge is 0.273 e. The number of carbonyl (C=O) groups is 1.